The molecule has 0 saturated heterocycles. The van der Waals surface area contributed by atoms with Gasteiger partial charge in [-0.1, -0.05) is 53.0 Å². The minimum absolute atomic E-state index is 0.609. The molecule has 0 amide bonds. The van der Waals surface area contributed by atoms with Crippen molar-refractivity contribution in [1.29, 1.82) is 0 Å². The lowest BCUT2D eigenvalue weighted by Crippen LogP contribution is -1.79. The molecule has 76 valence electrons. The van der Waals surface area contributed by atoms with Gasteiger partial charge in [0.2, 0.25) is 0 Å². The molecule has 0 bridgehead atoms. The van der Waals surface area contributed by atoms with Crippen LogP contribution in [0.15, 0.2) is 42.5 Å². The first-order valence-electron chi connectivity index (χ1n) is 4.38. The highest BCUT2D eigenvalue weighted by atomic mass is 35.5. The molecule has 0 radical (unpaired) electrons. The van der Waals surface area contributed by atoms with Gasteiger partial charge in [-0.25, -0.2) is 0 Å². The molecule has 0 spiro atoms. The summed E-state index contributed by atoms with van der Waals surface area (Å²) in [6.45, 7) is 0. The maximum Gasteiger partial charge on any atom is 0.0484 e. The van der Waals surface area contributed by atoms with Gasteiger partial charge in [0.25, 0.3) is 0 Å². The Morgan fingerprint density at radius 1 is 0.733 bits per heavy atom. The van der Waals surface area contributed by atoms with Crippen molar-refractivity contribution in [2.75, 3.05) is 0 Å². The summed E-state index contributed by atoms with van der Waals surface area (Å²) in [6.07, 6.45) is 0. The van der Waals surface area contributed by atoms with Crippen molar-refractivity contribution in [2.24, 2.45) is 0 Å². The minimum atomic E-state index is 0.609. The zero-order valence-corrected chi connectivity index (χ0v) is 9.94. The molecule has 0 saturated carbocycles. The number of hydrogen-bond donors (Lipinski definition) is 0. The predicted octanol–water partition coefficient (Wildman–Crippen LogP) is 5.31. The van der Waals surface area contributed by atoms with Crippen LogP contribution in [0.4, 0.5) is 0 Å². The average molecular weight is 258 g/mol. The summed E-state index contributed by atoms with van der Waals surface area (Å²) in [5.41, 5.74) is 1.86. The molecule has 15 heavy (non-hydrogen) atoms. The van der Waals surface area contributed by atoms with Crippen LogP contribution in [0.2, 0.25) is 15.1 Å². The maximum atomic E-state index is 6.08. The van der Waals surface area contributed by atoms with E-state index in [0.717, 1.165) is 11.1 Å². The van der Waals surface area contributed by atoms with E-state index >= 15 is 0 Å². The Bertz CT molecular complexity index is 472. The number of halogens is 3. The third-order valence-electron chi connectivity index (χ3n) is 2.05. The van der Waals surface area contributed by atoms with E-state index < -0.39 is 0 Å². The van der Waals surface area contributed by atoms with Crippen LogP contribution in [0.3, 0.4) is 0 Å². The summed E-state index contributed by atoms with van der Waals surface area (Å²) in [5, 5.41) is 1.91. The normalized spacial score (nSPS) is 10.3. The molecule has 0 aromatic heterocycles. The molecule has 2 rings (SSSR count). The van der Waals surface area contributed by atoms with Gasteiger partial charge in [0.05, 0.1) is 0 Å². The van der Waals surface area contributed by atoms with Gasteiger partial charge >= 0.3 is 0 Å². The van der Waals surface area contributed by atoms with E-state index in [1.165, 1.54) is 0 Å². The van der Waals surface area contributed by atoms with E-state index in [-0.39, 0.29) is 0 Å². The Hall–Kier alpha value is -0.690. The second-order valence-corrected chi connectivity index (χ2v) is 4.42. The topological polar surface area (TPSA) is 0 Å². The van der Waals surface area contributed by atoms with Gasteiger partial charge in [-0.15, -0.1) is 0 Å². The highest BCUT2D eigenvalue weighted by molar-refractivity contribution is 6.36. The van der Waals surface area contributed by atoms with E-state index in [2.05, 4.69) is 0 Å². The molecule has 0 nitrogen and oxygen atoms in total. The maximum absolute atomic E-state index is 6.08. The predicted molar refractivity (Wildman–Crippen MR) is 66.9 cm³/mol. The fraction of sp³-hybridized carbons (Fsp3) is 0. The van der Waals surface area contributed by atoms with Crippen molar-refractivity contribution in [3.63, 3.8) is 0 Å². The van der Waals surface area contributed by atoms with Gasteiger partial charge in [0.1, 0.15) is 0 Å². The van der Waals surface area contributed by atoms with Crippen molar-refractivity contribution < 1.29 is 0 Å². The Kier molecular flexibility index (Phi) is 3.20. The summed E-state index contributed by atoms with van der Waals surface area (Å²) in [7, 11) is 0. The lowest BCUT2D eigenvalue weighted by atomic mass is 10.1. The Labute approximate surface area is 103 Å². The second kappa shape index (κ2) is 4.44. The van der Waals surface area contributed by atoms with Crippen LogP contribution in [0, 0.1) is 0 Å². The van der Waals surface area contributed by atoms with E-state index in [0.29, 0.717) is 15.1 Å². The highest BCUT2D eigenvalue weighted by Crippen LogP contribution is 2.31. The molecule has 2 aromatic carbocycles. The zero-order chi connectivity index (χ0) is 10.8. The van der Waals surface area contributed by atoms with Crippen LogP contribution in [-0.4, -0.2) is 0 Å². The molecular weight excluding hydrogens is 250 g/mol. The van der Waals surface area contributed by atoms with Gasteiger partial charge in [0, 0.05) is 20.6 Å². The molecule has 2 aromatic rings. The van der Waals surface area contributed by atoms with Crippen LogP contribution in [0.25, 0.3) is 11.1 Å². The summed E-state index contributed by atoms with van der Waals surface area (Å²) in [6, 6.07) is 13.0. The summed E-state index contributed by atoms with van der Waals surface area (Å²) < 4.78 is 0. The lowest BCUT2D eigenvalue weighted by molar-refractivity contribution is 1.62. The summed E-state index contributed by atoms with van der Waals surface area (Å²) in [4.78, 5) is 0. The number of benzene rings is 2. The lowest BCUT2D eigenvalue weighted by Gasteiger charge is -2.05. The van der Waals surface area contributed by atoms with Gasteiger partial charge in [-0.05, 0) is 29.8 Å². The Morgan fingerprint density at radius 2 is 1.33 bits per heavy atom. The molecule has 0 fully saturated rings. The standard InChI is InChI=1S/C12H7Cl3/c13-9-5-8(6-10(14)7-9)11-3-1-2-4-12(11)15/h1-7H. The van der Waals surface area contributed by atoms with Gasteiger partial charge < -0.3 is 0 Å². The van der Waals surface area contributed by atoms with Crippen molar-refractivity contribution in [1.82, 2.24) is 0 Å². The molecule has 0 aliphatic carbocycles. The molecular formula is C12H7Cl3. The molecule has 0 heterocycles. The second-order valence-electron chi connectivity index (χ2n) is 3.14. The molecule has 0 N–H and O–H groups in total. The Morgan fingerprint density at radius 3 is 1.93 bits per heavy atom. The van der Waals surface area contributed by atoms with Crippen molar-refractivity contribution in [2.45, 2.75) is 0 Å². The first kappa shape index (κ1) is 10.8. The molecule has 0 unspecified atom stereocenters. The smallest absolute Gasteiger partial charge is 0.0484 e. The van der Waals surface area contributed by atoms with Crippen molar-refractivity contribution in [3.8, 4) is 11.1 Å². The fourth-order valence-electron chi connectivity index (χ4n) is 1.40. The average Bonchev–Trinajstić information content (AvgIpc) is 2.16. The van der Waals surface area contributed by atoms with Crippen molar-refractivity contribution in [3.05, 3.63) is 57.5 Å². The highest BCUT2D eigenvalue weighted by Gasteiger charge is 2.04. The monoisotopic (exact) mass is 256 g/mol. The largest absolute Gasteiger partial charge is 0.0843 e. The van der Waals surface area contributed by atoms with Crippen LogP contribution >= 0.6 is 34.8 Å². The molecule has 0 aliphatic heterocycles. The summed E-state index contributed by atoms with van der Waals surface area (Å²) in [5.74, 6) is 0. The third-order valence-corrected chi connectivity index (χ3v) is 2.81. The van der Waals surface area contributed by atoms with E-state index in [4.69, 9.17) is 34.8 Å². The molecule has 0 aliphatic rings. The first-order chi connectivity index (χ1) is 7.16. The third kappa shape index (κ3) is 2.46. The van der Waals surface area contributed by atoms with Gasteiger partial charge in [-0.2, -0.15) is 0 Å². The van der Waals surface area contributed by atoms with E-state index in [1.54, 1.807) is 6.07 Å². The SMILES string of the molecule is Clc1cc(Cl)cc(-c2ccccc2Cl)c1. The quantitative estimate of drug-likeness (QED) is 0.649. The summed E-state index contributed by atoms with van der Waals surface area (Å²) >= 11 is 17.9. The van der Waals surface area contributed by atoms with Crippen LogP contribution in [0.5, 0.6) is 0 Å². The van der Waals surface area contributed by atoms with Crippen molar-refractivity contribution >= 4 is 34.8 Å². The Balaban J connectivity index is 2.59. The van der Waals surface area contributed by atoms with Gasteiger partial charge in [0.15, 0.2) is 0 Å². The van der Waals surface area contributed by atoms with Crippen LogP contribution in [-0.2, 0) is 0 Å². The minimum Gasteiger partial charge on any atom is -0.0843 e. The van der Waals surface area contributed by atoms with E-state index in [9.17, 15) is 0 Å². The zero-order valence-electron chi connectivity index (χ0n) is 7.68. The number of rotatable bonds is 1. The fourth-order valence-corrected chi connectivity index (χ4v) is 2.18. The first-order valence-corrected chi connectivity index (χ1v) is 5.51. The molecule has 0 atom stereocenters. The van der Waals surface area contributed by atoms with Crippen LogP contribution in [0.1, 0.15) is 0 Å². The van der Waals surface area contributed by atoms with Crippen LogP contribution < -0.4 is 0 Å². The number of hydrogen-bond acceptors (Lipinski definition) is 0. The van der Waals surface area contributed by atoms with E-state index in [1.807, 2.05) is 36.4 Å². The van der Waals surface area contributed by atoms with Gasteiger partial charge in [-0.3, -0.25) is 0 Å². The molecule has 3 heteroatoms.